The molecule has 0 radical (unpaired) electrons. The van der Waals surface area contributed by atoms with Crippen LogP contribution in [0.4, 0.5) is 5.95 Å². The van der Waals surface area contributed by atoms with Crippen molar-refractivity contribution >= 4 is 17.5 Å². The third kappa shape index (κ3) is 4.00. The summed E-state index contributed by atoms with van der Waals surface area (Å²) in [4.78, 5) is 14.0. The molecule has 4 rings (SSSR count). The van der Waals surface area contributed by atoms with E-state index in [4.69, 9.17) is 16.6 Å². The summed E-state index contributed by atoms with van der Waals surface area (Å²) in [6.07, 6.45) is 6.15. The summed E-state index contributed by atoms with van der Waals surface area (Å²) in [6.45, 7) is 4.05. The number of rotatable bonds is 5. The van der Waals surface area contributed by atoms with E-state index in [9.17, 15) is 0 Å². The quantitative estimate of drug-likeness (QED) is 0.629. The molecule has 1 unspecified atom stereocenters. The van der Waals surface area contributed by atoms with E-state index in [0.29, 0.717) is 0 Å². The Kier molecular flexibility index (Phi) is 5.56. The van der Waals surface area contributed by atoms with Gasteiger partial charge in [-0.15, -0.1) is 0 Å². The third-order valence-corrected chi connectivity index (χ3v) is 5.97. The topological polar surface area (TPSA) is 50.1 Å². The fourth-order valence-electron chi connectivity index (χ4n) is 3.98. The van der Waals surface area contributed by atoms with Gasteiger partial charge in [0.15, 0.2) is 0 Å². The number of aryl methyl sites for hydroxylation is 1. The molecule has 0 bridgehead atoms. The smallest absolute Gasteiger partial charge is 0.225 e. The van der Waals surface area contributed by atoms with Gasteiger partial charge in [-0.25, -0.2) is 9.97 Å². The van der Waals surface area contributed by atoms with E-state index in [-0.39, 0.29) is 6.04 Å². The number of halogens is 1. The number of benzene rings is 1. The highest BCUT2D eigenvalue weighted by Crippen LogP contribution is 2.38. The van der Waals surface area contributed by atoms with Crippen molar-refractivity contribution in [1.82, 2.24) is 24.6 Å². The minimum atomic E-state index is 0.241. The first-order chi connectivity index (χ1) is 13.9. The van der Waals surface area contributed by atoms with Crippen LogP contribution in [0.5, 0.6) is 0 Å². The first-order valence-electron chi connectivity index (χ1n) is 9.95. The lowest BCUT2D eigenvalue weighted by atomic mass is 9.99. The average molecular weight is 411 g/mol. The average Bonchev–Trinajstić information content (AvgIpc) is 3.29. The van der Waals surface area contributed by atoms with Crippen molar-refractivity contribution in [2.75, 3.05) is 25.5 Å². The van der Waals surface area contributed by atoms with Crippen molar-refractivity contribution < 1.29 is 0 Å². The Labute approximate surface area is 177 Å². The van der Waals surface area contributed by atoms with E-state index in [1.165, 1.54) is 11.3 Å². The molecule has 0 spiro atoms. The molecule has 1 atom stereocenters. The lowest BCUT2D eigenvalue weighted by Gasteiger charge is -2.26. The zero-order chi connectivity index (χ0) is 20.5. The van der Waals surface area contributed by atoms with E-state index >= 15 is 0 Å². The van der Waals surface area contributed by atoms with E-state index in [2.05, 4.69) is 28.0 Å². The molecule has 0 amide bonds. The number of aromatic nitrogens is 4. The number of hydrogen-bond donors (Lipinski definition) is 0. The van der Waals surface area contributed by atoms with Gasteiger partial charge in [0.1, 0.15) is 0 Å². The predicted octanol–water partition coefficient (Wildman–Crippen LogP) is 4.24. The molecule has 29 heavy (non-hydrogen) atoms. The summed E-state index contributed by atoms with van der Waals surface area (Å²) in [7, 11) is 5.94. The molecule has 0 saturated carbocycles. The molecule has 6 nitrogen and oxygen atoms in total. The van der Waals surface area contributed by atoms with Gasteiger partial charge < -0.3 is 4.90 Å². The van der Waals surface area contributed by atoms with Crippen molar-refractivity contribution in [3.8, 4) is 11.1 Å². The van der Waals surface area contributed by atoms with Crippen LogP contribution in [0.15, 0.2) is 36.7 Å². The van der Waals surface area contributed by atoms with E-state index in [0.717, 1.165) is 53.7 Å². The minimum absolute atomic E-state index is 0.241. The maximum Gasteiger partial charge on any atom is 0.225 e. The van der Waals surface area contributed by atoms with Gasteiger partial charge in [0, 0.05) is 55.7 Å². The van der Waals surface area contributed by atoms with Crippen molar-refractivity contribution in [1.29, 1.82) is 0 Å². The van der Waals surface area contributed by atoms with Crippen LogP contribution < -0.4 is 4.90 Å². The van der Waals surface area contributed by atoms with Gasteiger partial charge in [-0.2, -0.15) is 5.10 Å². The van der Waals surface area contributed by atoms with Crippen molar-refractivity contribution in [3.05, 3.63) is 58.6 Å². The van der Waals surface area contributed by atoms with Gasteiger partial charge in [0.05, 0.1) is 17.9 Å². The maximum atomic E-state index is 6.28. The molecule has 152 valence electrons. The molecule has 1 fully saturated rings. The molecule has 3 heterocycles. The number of likely N-dealkylation sites (tertiary alicyclic amines) is 1. The van der Waals surface area contributed by atoms with Crippen LogP contribution in [0.2, 0.25) is 5.02 Å². The van der Waals surface area contributed by atoms with E-state index in [1.54, 1.807) is 0 Å². The molecular weight excluding hydrogens is 384 g/mol. The Morgan fingerprint density at radius 1 is 1.24 bits per heavy atom. The van der Waals surface area contributed by atoms with Crippen molar-refractivity contribution in [2.24, 2.45) is 7.05 Å². The van der Waals surface area contributed by atoms with Crippen LogP contribution in [-0.2, 0) is 13.6 Å². The van der Waals surface area contributed by atoms with Crippen LogP contribution in [-0.4, -0.2) is 45.3 Å². The molecule has 7 heteroatoms. The van der Waals surface area contributed by atoms with Gasteiger partial charge in [-0.3, -0.25) is 9.58 Å². The number of nitrogens with zero attached hydrogens (tertiary/aromatic N) is 6. The highest BCUT2D eigenvalue weighted by atomic mass is 35.5. The molecule has 3 aromatic rings. The Hall–Kier alpha value is -2.44. The third-order valence-electron chi connectivity index (χ3n) is 5.73. The van der Waals surface area contributed by atoms with Crippen LogP contribution in [0, 0.1) is 6.92 Å². The number of hydrogen-bond acceptors (Lipinski definition) is 5. The van der Waals surface area contributed by atoms with Gasteiger partial charge in [0.2, 0.25) is 5.95 Å². The van der Waals surface area contributed by atoms with Crippen LogP contribution in [0.3, 0.4) is 0 Å². The monoisotopic (exact) mass is 410 g/mol. The lowest BCUT2D eigenvalue weighted by molar-refractivity contribution is 0.244. The summed E-state index contributed by atoms with van der Waals surface area (Å²) in [5.41, 5.74) is 5.66. The summed E-state index contributed by atoms with van der Waals surface area (Å²) in [5.74, 6) is 0.732. The molecule has 0 aliphatic carbocycles. The number of anilines is 1. The Morgan fingerprint density at radius 2 is 2.07 bits per heavy atom. The van der Waals surface area contributed by atoms with Crippen LogP contribution >= 0.6 is 11.6 Å². The van der Waals surface area contributed by atoms with Crippen molar-refractivity contribution in [3.63, 3.8) is 0 Å². The lowest BCUT2D eigenvalue weighted by Crippen LogP contribution is -2.25. The molecule has 1 saturated heterocycles. The van der Waals surface area contributed by atoms with E-state index in [1.807, 2.05) is 61.3 Å². The highest BCUT2D eigenvalue weighted by molar-refractivity contribution is 6.30. The standard InChI is InChI=1S/C22H27ClN6/c1-15-17(12-25-28(15)4)14-29-10-6-9-20(29)21-19(13-24-22(26-21)27(2)3)16-7-5-8-18(23)11-16/h5,7-8,11-13,20H,6,9-10,14H2,1-4H3. The second-order valence-electron chi connectivity index (χ2n) is 7.88. The molecule has 1 aliphatic rings. The Morgan fingerprint density at radius 3 is 2.76 bits per heavy atom. The molecule has 1 aromatic carbocycles. The molecule has 2 aromatic heterocycles. The second kappa shape index (κ2) is 8.13. The molecule has 0 N–H and O–H groups in total. The van der Waals surface area contributed by atoms with E-state index < -0.39 is 0 Å². The minimum Gasteiger partial charge on any atom is -0.347 e. The van der Waals surface area contributed by atoms with Gasteiger partial charge in [0.25, 0.3) is 0 Å². The molecular formula is C22H27ClN6. The van der Waals surface area contributed by atoms with Crippen LogP contribution in [0.25, 0.3) is 11.1 Å². The normalized spacial score (nSPS) is 17.1. The summed E-state index contributed by atoms with van der Waals surface area (Å²) >= 11 is 6.28. The zero-order valence-corrected chi connectivity index (χ0v) is 18.2. The maximum absolute atomic E-state index is 6.28. The fourth-order valence-corrected chi connectivity index (χ4v) is 4.17. The van der Waals surface area contributed by atoms with Gasteiger partial charge in [-0.1, -0.05) is 23.7 Å². The largest absolute Gasteiger partial charge is 0.347 e. The first-order valence-corrected chi connectivity index (χ1v) is 10.3. The van der Waals surface area contributed by atoms with Gasteiger partial charge in [-0.05, 0) is 44.0 Å². The predicted molar refractivity (Wildman–Crippen MR) is 117 cm³/mol. The van der Waals surface area contributed by atoms with Crippen LogP contribution in [0.1, 0.15) is 35.8 Å². The Bertz CT molecular complexity index is 1010. The SMILES string of the molecule is Cc1c(CN2CCCC2c2nc(N(C)C)ncc2-c2cccc(Cl)c2)cnn1C. The second-order valence-corrected chi connectivity index (χ2v) is 8.32. The van der Waals surface area contributed by atoms with Crippen molar-refractivity contribution in [2.45, 2.75) is 32.4 Å². The summed E-state index contributed by atoms with van der Waals surface area (Å²) in [5, 5.41) is 5.13. The zero-order valence-electron chi connectivity index (χ0n) is 17.4. The first kappa shape index (κ1) is 19.9. The Balaban J connectivity index is 1.75. The highest BCUT2D eigenvalue weighted by Gasteiger charge is 2.31. The molecule has 1 aliphatic heterocycles. The summed E-state index contributed by atoms with van der Waals surface area (Å²) < 4.78 is 1.94. The fraction of sp³-hybridized carbons (Fsp3) is 0.409. The summed E-state index contributed by atoms with van der Waals surface area (Å²) in [6, 6.07) is 8.18. The van der Waals surface area contributed by atoms with Gasteiger partial charge >= 0.3 is 0 Å².